The van der Waals surface area contributed by atoms with E-state index in [0.717, 1.165) is 48.0 Å². The second-order valence-corrected chi connectivity index (χ2v) is 6.32. The van der Waals surface area contributed by atoms with Crippen LogP contribution in [-0.2, 0) is 12.8 Å². The van der Waals surface area contributed by atoms with Gasteiger partial charge in [0.05, 0.1) is 16.9 Å². The van der Waals surface area contributed by atoms with Crippen molar-refractivity contribution in [2.75, 3.05) is 5.32 Å². The van der Waals surface area contributed by atoms with Crippen molar-refractivity contribution in [1.29, 1.82) is 0 Å². The molecule has 0 atom stereocenters. The Balaban J connectivity index is 1.94. The first kappa shape index (κ1) is 14.5. The molecule has 1 heterocycles. The molecular formula is C19H16ClFN2. The second kappa shape index (κ2) is 5.82. The molecular weight excluding hydrogens is 311 g/mol. The summed E-state index contributed by atoms with van der Waals surface area (Å²) < 4.78 is 14.1. The molecule has 116 valence electrons. The van der Waals surface area contributed by atoms with Crippen LogP contribution in [0.3, 0.4) is 0 Å². The average Bonchev–Trinajstić information content (AvgIpc) is 2.56. The van der Waals surface area contributed by atoms with Crippen molar-refractivity contribution in [3.05, 3.63) is 64.6 Å². The van der Waals surface area contributed by atoms with Crippen LogP contribution in [0, 0.1) is 5.82 Å². The molecule has 4 rings (SSSR count). The third-order valence-corrected chi connectivity index (χ3v) is 4.59. The van der Waals surface area contributed by atoms with Gasteiger partial charge in [-0.3, -0.25) is 4.98 Å². The summed E-state index contributed by atoms with van der Waals surface area (Å²) in [5, 5.41) is 4.95. The standard InChI is InChI=1S/C19H16ClFN2/c20-12-9-10-14-18(11-12)22-16-7-3-1-5-13(16)19(14)23-17-8-4-2-6-15(17)21/h2,4,6,8-11H,1,3,5,7H2,(H,22,23). The van der Waals surface area contributed by atoms with Crippen molar-refractivity contribution in [3.8, 4) is 0 Å². The summed E-state index contributed by atoms with van der Waals surface area (Å²) in [4.78, 5) is 4.78. The van der Waals surface area contributed by atoms with E-state index in [2.05, 4.69) is 5.32 Å². The van der Waals surface area contributed by atoms with E-state index in [1.165, 1.54) is 11.6 Å². The van der Waals surface area contributed by atoms with Crippen LogP contribution >= 0.6 is 11.6 Å². The fourth-order valence-electron chi connectivity index (χ4n) is 3.24. The number of aryl methyl sites for hydroxylation is 1. The highest BCUT2D eigenvalue weighted by molar-refractivity contribution is 6.31. The number of aromatic nitrogens is 1. The molecule has 3 aromatic rings. The molecule has 0 amide bonds. The normalized spacial score (nSPS) is 13.8. The van der Waals surface area contributed by atoms with Gasteiger partial charge in [0.25, 0.3) is 0 Å². The minimum atomic E-state index is -0.254. The fourth-order valence-corrected chi connectivity index (χ4v) is 3.41. The molecule has 0 unspecified atom stereocenters. The molecule has 1 aromatic heterocycles. The number of para-hydroxylation sites is 1. The van der Waals surface area contributed by atoms with Crippen LogP contribution in [0.2, 0.25) is 5.02 Å². The Labute approximate surface area is 139 Å². The molecule has 0 bridgehead atoms. The highest BCUT2D eigenvalue weighted by Gasteiger charge is 2.19. The van der Waals surface area contributed by atoms with Crippen molar-refractivity contribution < 1.29 is 4.39 Å². The van der Waals surface area contributed by atoms with Crippen molar-refractivity contribution in [1.82, 2.24) is 4.98 Å². The third-order valence-electron chi connectivity index (χ3n) is 4.36. The molecule has 0 spiro atoms. The van der Waals surface area contributed by atoms with E-state index in [1.54, 1.807) is 12.1 Å². The van der Waals surface area contributed by atoms with Gasteiger partial charge in [-0.1, -0.05) is 23.7 Å². The van der Waals surface area contributed by atoms with Crippen LogP contribution in [0.4, 0.5) is 15.8 Å². The first-order valence-electron chi connectivity index (χ1n) is 7.85. The maximum Gasteiger partial charge on any atom is 0.146 e. The van der Waals surface area contributed by atoms with E-state index < -0.39 is 0 Å². The highest BCUT2D eigenvalue weighted by atomic mass is 35.5. The zero-order valence-electron chi connectivity index (χ0n) is 12.6. The summed E-state index contributed by atoms with van der Waals surface area (Å²) in [5.41, 5.74) is 4.62. The SMILES string of the molecule is Fc1ccccc1Nc1c2c(nc3cc(Cl)ccc13)CCCC2. The van der Waals surface area contributed by atoms with Crippen LogP contribution in [0.25, 0.3) is 10.9 Å². The maximum absolute atomic E-state index is 14.1. The van der Waals surface area contributed by atoms with Crippen molar-refractivity contribution in [2.45, 2.75) is 25.7 Å². The number of halogens is 2. The largest absolute Gasteiger partial charge is 0.352 e. The Morgan fingerprint density at radius 2 is 1.87 bits per heavy atom. The summed E-state index contributed by atoms with van der Waals surface area (Å²) in [6.45, 7) is 0. The van der Waals surface area contributed by atoms with Crippen molar-refractivity contribution in [2.24, 2.45) is 0 Å². The number of hydrogen-bond acceptors (Lipinski definition) is 2. The number of pyridine rings is 1. The molecule has 0 saturated carbocycles. The average molecular weight is 327 g/mol. The number of hydrogen-bond donors (Lipinski definition) is 1. The monoisotopic (exact) mass is 326 g/mol. The Bertz CT molecular complexity index is 892. The minimum absolute atomic E-state index is 0.254. The minimum Gasteiger partial charge on any atom is -0.352 e. The Morgan fingerprint density at radius 3 is 2.74 bits per heavy atom. The van der Waals surface area contributed by atoms with E-state index in [-0.39, 0.29) is 5.82 Å². The smallest absolute Gasteiger partial charge is 0.146 e. The van der Waals surface area contributed by atoms with Gasteiger partial charge in [0.2, 0.25) is 0 Å². The quantitative estimate of drug-likeness (QED) is 0.658. The Morgan fingerprint density at radius 1 is 1.04 bits per heavy atom. The lowest BCUT2D eigenvalue weighted by Crippen LogP contribution is -2.10. The summed E-state index contributed by atoms with van der Waals surface area (Å²) in [7, 11) is 0. The van der Waals surface area contributed by atoms with Gasteiger partial charge in [0.1, 0.15) is 5.82 Å². The molecule has 2 aromatic carbocycles. The lowest BCUT2D eigenvalue weighted by atomic mass is 9.92. The van der Waals surface area contributed by atoms with Crippen LogP contribution < -0.4 is 5.32 Å². The Kier molecular flexibility index (Phi) is 3.66. The zero-order chi connectivity index (χ0) is 15.8. The molecule has 0 fully saturated rings. The summed E-state index contributed by atoms with van der Waals surface area (Å²) >= 11 is 6.12. The molecule has 0 radical (unpaired) electrons. The Hall–Kier alpha value is -2.13. The maximum atomic E-state index is 14.1. The van der Waals surface area contributed by atoms with E-state index in [4.69, 9.17) is 16.6 Å². The van der Waals surface area contributed by atoms with Crippen molar-refractivity contribution in [3.63, 3.8) is 0 Å². The fraction of sp³-hybridized carbons (Fsp3) is 0.211. The topological polar surface area (TPSA) is 24.9 Å². The van der Waals surface area contributed by atoms with Crippen LogP contribution in [0.15, 0.2) is 42.5 Å². The van der Waals surface area contributed by atoms with Gasteiger partial charge < -0.3 is 5.32 Å². The lowest BCUT2D eigenvalue weighted by Gasteiger charge is -2.22. The molecule has 1 aliphatic carbocycles. The number of rotatable bonds is 2. The predicted octanol–water partition coefficient (Wildman–Crippen LogP) is 5.65. The van der Waals surface area contributed by atoms with E-state index in [0.29, 0.717) is 10.7 Å². The first-order valence-corrected chi connectivity index (χ1v) is 8.23. The van der Waals surface area contributed by atoms with Crippen LogP contribution in [0.1, 0.15) is 24.1 Å². The summed E-state index contributed by atoms with van der Waals surface area (Å²) in [6.07, 6.45) is 4.21. The van der Waals surface area contributed by atoms with Gasteiger partial charge in [0.15, 0.2) is 0 Å². The van der Waals surface area contributed by atoms with Gasteiger partial charge in [-0.2, -0.15) is 0 Å². The number of anilines is 2. The molecule has 1 N–H and O–H groups in total. The van der Waals surface area contributed by atoms with E-state index in [9.17, 15) is 4.39 Å². The first-order chi connectivity index (χ1) is 11.2. The summed E-state index contributed by atoms with van der Waals surface area (Å²) in [6, 6.07) is 12.4. The third kappa shape index (κ3) is 2.66. The molecule has 1 aliphatic rings. The zero-order valence-corrected chi connectivity index (χ0v) is 13.3. The lowest BCUT2D eigenvalue weighted by molar-refractivity contribution is 0.631. The molecule has 0 saturated heterocycles. The van der Waals surface area contributed by atoms with Gasteiger partial charge in [-0.15, -0.1) is 0 Å². The second-order valence-electron chi connectivity index (χ2n) is 5.89. The van der Waals surface area contributed by atoms with Gasteiger partial charge in [-0.25, -0.2) is 4.39 Å². The number of nitrogens with one attached hydrogen (secondary N) is 1. The van der Waals surface area contributed by atoms with Gasteiger partial charge in [0, 0.05) is 16.1 Å². The van der Waals surface area contributed by atoms with Crippen molar-refractivity contribution >= 4 is 33.9 Å². The highest BCUT2D eigenvalue weighted by Crippen LogP contribution is 2.36. The van der Waals surface area contributed by atoms with Gasteiger partial charge in [-0.05, 0) is 61.6 Å². The predicted molar refractivity (Wildman–Crippen MR) is 93.1 cm³/mol. The summed E-state index contributed by atoms with van der Waals surface area (Å²) in [5.74, 6) is -0.254. The van der Waals surface area contributed by atoms with Gasteiger partial charge >= 0.3 is 0 Å². The molecule has 23 heavy (non-hydrogen) atoms. The molecule has 4 heteroatoms. The van der Waals surface area contributed by atoms with E-state index >= 15 is 0 Å². The van der Waals surface area contributed by atoms with E-state index in [1.807, 2.05) is 24.3 Å². The molecule has 0 aliphatic heterocycles. The molecule has 2 nitrogen and oxygen atoms in total. The van der Waals surface area contributed by atoms with Crippen LogP contribution in [0.5, 0.6) is 0 Å². The number of fused-ring (bicyclic) bond motifs is 2. The number of benzene rings is 2. The van der Waals surface area contributed by atoms with Crippen LogP contribution in [-0.4, -0.2) is 4.98 Å². The number of nitrogens with zero attached hydrogens (tertiary/aromatic N) is 1.